The number of fused-ring (bicyclic) bond motifs is 2. The predicted molar refractivity (Wildman–Crippen MR) is 103 cm³/mol. The number of aromatic carboxylic acids is 1. The molecule has 2 aliphatic carbocycles. The molecule has 0 unspecified atom stereocenters. The number of carboxylic acid groups (broad SMARTS) is 1. The van der Waals surface area contributed by atoms with Crippen molar-refractivity contribution >= 4 is 17.3 Å². The Bertz CT molecular complexity index is 850. The van der Waals surface area contributed by atoms with Crippen molar-refractivity contribution < 1.29 is 9.90 Å². The third-order valence-electron chi connectivity index (χ3n) is 5.85. The van der Waals surface area contributed by atoms with Crippen LogP contribution in [-0.4, -0.2) is 18.1 Å². The molecule has 2 aliphatic rings. The van der Waals surface area contributed by atoms with E-state index >= 15 is 0 Å². The minimum Gasteiger partial charge on any atom is -0.478 e. The molecule has 0 amide bonds. The monoisotopic (exact) mass is 355 g/mol. The third-order valence-corrected chi connectivity index (χ3v) is 7.18. The molecule has 4 heteroatoms. The molecule has 4 rings (SSSR count). The van der Waals surface area contributed by atoms with Crippen LogP contribution in [0.25, 0.3) is 10.4 Å². The van der Waals surface area contributed by atoms with E-state index in [4.69, 9.17) is 0 Å². The number of thiophene rings is 1. The Morgan fingerprint density at radius 2 is 2.08 bits per heavy atom. The lowest BCUT2D eigenvalue weighted by Gasteiger charge is -2.29. The number of hydrogen-bond acceptors (Lipinski definition) is 3. The van der Waals surface area contributed by atoms with Crippen molar-refractivity contribution in [3.05, 3.63) is 45.3 Å². The second kappa shape index (κ2) is 5.96. The molecule has 0 saturated carbocycles. The minimum absolute atomic E-state index is 0.186. The first kappa shape index (κ1) is 16.8. The van der Waals surface area contributed by atoms with Crippen molar-refractivity contribution in [2.24, 2.45) is 5.41 Å². The van der Waals surface area contributed by atoms with Crippen LogP contribution in [0.3, 0.4) is 0 Å². The van der Waals surface area contributed by atoms with Gasteiger partial charge in [0.25, 0.3) is 0 Å². The van der Waals surface area contributed by atoms with Gasteiger partial charge in [0.15, 0.2) is 0 Å². The van der Waals surface area contributed by atoms with E-state index in [1.54, 1.807) is 11.3 Å². The fourth-order valence-corrected chi connectivity index (χ4v) is 5.86. The SMILES string of the molecule is CN[C@@H]1CCc2c(-c3sc4c(c3C(=O)O)CC(C)(C)CC4)cccc21. The molecule has 1 aromatic heterocycles. The average Bonchev–Trinajstić information content (AvgIpc) is 3.14. The zero-order valence-electron chi connectivity index (χ0n) is 15.1. The third kappa shape index (κ3) is 2.72. The summed E-state index contributed by atoms with van der Waals surface area (Å²) in [6.07, 6.45) is 5.11. The highest BCUT2D eigenvalue weighted by atomic mass is 32.1. The van der Waals surface area contributed by atoms with E-state index in [-0.39, 0.29) is 5.41 Å². The second-order valence-electron chi connectivity index (χ2n) is 8.11. The largest absolute Gasteiger partial charge is 0.478 e. The molecular formula is C21H25NO2S. The highest BCUT2D eigenvalue weighted by molar-refractivity contribution is 7.16. The van der Waals surface area contributed by atoms with Gasteiger partial charge in [-0.2, -0.15) is 0 Å². The van der Waals surface area contributed by atoms with Gasteiger partial charge in [-0.1, -0.05) is 32.0 Å². The van der Waals surface area contributed by atoms with E-state index in [0.29, 0.717) is 11.6 Å². The van der Waals surface area contributed by atoms with Gasteiger partial charge in [0, 0.05) is 15.8 Å². The van der Waals surface area contributed by atoms with E-state index in [9.17, 15) is 9.90 Å². The van der Waals surface area contributed by atoms with Gasteiger partial charge in [0.2, 0.25) is 0 Å². The molecule has 2 N–H and O–H groups in total. The maximum absolute atomic E-state index is 12.2. The number of aryl methyl sites for hydroxylation is 1. The van der Waals surface area contributed by atoms with Gasteiger partial charge < -0.3 is 10.4 Å². The van der Waals surface area contributed by atoms with Gasteiger partial charge in [0.05, 0.1) is 5.56 Å². The molecule has 3 nitrogen and oxygen atoms in total. The summed E-state index contributed by atoms with van der Waals surface area (Å²) >= 11 is 1.72. The van der Waals surface area contributed by atoms with Crippen LogP contribution in [-0.2, 0) is 19.3 Å². The fourth-order valence-electron chi connectivity index (χ4n) is 4.50. The van der Waals surface area contributed by atoms with Gasteiger partial charge >= 0.3 is 5.97 Å². The summed E-state index contributed by atoms with van der Waals surface area (Å²) in [5.41, 5.74) is 5.65. The smallest absolute Gasteiger partial charge is 0.337 e. The maximum Gasteiger partial charge on any atom is 0.337 e. The minimum atomic E-state index is -0.772. The molecule has 1 heterocycles. The zero-order valence-corrected chi connectivity index (χ0v) is 15.9. The zero-order chi connectivity index (χ0) is 17.8. The standard InChI is InChI=1S/C21H25NO2S/c1-21(2)10-9-17-15(11-21)18(20(23)24)19(25-17)14-6-4-5-13-12(14)7-8-16(13)22-3/h4-6,16,22H,7-11H2,1-3H3,(H,23,24)/t16-/m1/s1. The summed E-state index contributed by atoms with van der Waals surface area (Å²) in [7, 11) is 2.00. The van der Waals surface area contributed by atoms with Crippen LogP contribution in [0.15, 0.2) is 18.2 Å². The number of rotatable bonds is 3. The quantitative estimate of drug-likeness (QED) is 0.829. The first-order valence-corrected chi connectivity index (χ1v) is 9.90. The Kier molecular flexibility index (Phi) is 4.00. The molecule has 0 fully saturated rings. The molecule has 25 heavy (non-hydrogen) atoms. The van der Waals surface area contributed by atoms with E-state index < -0.39 is 5.97 Å². The molecule has 0 saturated heterocycles. The molecular weight excluding hydrogens is 330 g/mol. The summed E-state index contributed by atoms with van der Waals surface area (Å²) in [5.74, 6) is -0.772. The van der Waals surface area contributed by atoms with Crippen LogP contribution in [0.1, 0.15) is 64.7 Å². The lowest BCUT2D eigenvalue weighted by molar-refractivity contribution is 0.0696. The number of benzene rings is 1. The Morgan fingerprint density at radius 1 is 1.28 bits per heavy atom. The second-order valence-corrected chi connectivity index (χ2v) is 9.21. The van der Waals surface area contributed by atoms with Crippen molar-refractivity contribution in [3.63, 3.8) is 0 Å². The summed E-state index contributed by atoms with van der Waals surface area (Å²) in [6, 6.07) is 6.77. The van der Waals surface area contributed by atoms with Crippen molar-refractivity contribution in [2.75, 3.05) is 7.05 Å². The maximum atomic E-state index is 12.2. The molecule has 0 bridgehead atoms. The van der Waals surface area contributed by atoms with E-state index in [1.165, 1.54) is 16.0 Å². The first-order valence-electron chi connectivity index (χ1n) is 9.08. The van der Waals surface area contributed by atoms with Gasteiger partial charge in [-0.05, 0) is 66.8 Å². The van der Waals surface area contributed by atoms with Crippen LogP contribution in [0.2, 0.25) is 0 Å². The van der Waals surface area contributed by atoms with Gasteiger partial charge in [-0.3, -0.25) is 0 Å². The lowest BCUT2D eigenvalue weighted by Crippen LogP contribution is -2.22. The Balaban J connectivity index is 1.90. The summed E-state index contributed by atoms with van der Waals surface area (Å²) in [4.78, 5) is 14.4. The topological polar surface area (TPSA) is 49.3 Å². The molecule has 2 aromatic rings. The Morgan fingerprint density at radius 3 is 2.80 bits per heavy atom. The molecule has 0 radical (unpaired) electrons. The van der Waals surface area contributed by atoms with Crippen LogP contribution >= 0.6 is 11.3 Å². The molecule has 132 valence electrons. The number of nitrogens with one attached hydrogen (secondary N) is 1. The molecule has 1 atom stereocenters. The fraction of sp³-hybridized carbons (Fsp3) is 0.476. The summed E-state index contributed by atoms with van der Waals surface area (Å²) in [6.45, 7) is 4.49. The van der Waals surface area contributed by atoms with E-state index in [1.807, 2.05) is 7.05 Å². The van der Waals surface area contributed by atoms with Gasteiger partial charge in [0.1, 0.15) is 0 Å². The van der Waals surface area contributed by atoms with E-state index in [0.717, 1.165) is 48.1 Å². The van der Waals surface area contributed by atoms with E-state index in [2.05, 4.69) is 37.4 Å². The van der Waals surface area contributed by atoms with Crippen molar-refractivity contribution in [2.45, 2.75) is 52.0 Å². The Labute approximate surface area is 153 Å². The van der Waals surface area contributed by atoms with Crippen molar-refractivity contribution in [1.29, 1.82) is 0 Å². The number of carbonyl (C=O) groups is 1. The van der Waals surface area contributed by atoms with Crippen molar-refractivity contribution in [1.82, 2.24) is 5.32 Å². The molecule has 1 aromatic carbocycles. The lowest BCUT2D eigenvalue weighted by atomic mass is 9.76. The highest BCUT2D eigenvalue weighted by Crippen LogP contribution is 2.47. The van der Waals surface area contributed by atoms with Crippen LogP contribution in [0, 0.1) is 5.41 Å². The van der Waals surface area contributed by atoms with Crippen LogP contribution in [0.5, 0.6) is 0 Å². The molecule has 0 spiro atoms. The highest BCUT2D eigenvalue weighted by Gasteiger charge is 2.34. The first-order chi connectivity index (χ1) is 11.9. The predicted octanol–water partition coefficient (Wildman–Crippen LogP) is 4.83. The Hall–Kier alpha value is -1.65. The number of carboxylic acids is 1. The molecule has 0 aliphatic heterocycles. The van der Waals surface area contributed by atoms with Crippen LogP contribution < -0.4 is 5.32 Å². The van der Waals surface area contributed by atoms with Gasteiger partial charge in [-0.15, -0.1) is 11.3 Å². The number of hydrogen-bond donors (Lipinski definition) is 2. The average molecular weight is 356 g/mol. The van der Waals surface area contributed by atoms with Gasteiger partial charge in [-0.25, -0.2) is 4.79 Å². The summed E-state index contributed by atoms with van der Waals surface area (Å²) < 4.78 is 0. The summed E-state index contributed by atoms with van der Waals surface area (Å²) in [5, 5.41) is 13.4. The van der Waals surface area contributed by atoms with Crippen molar-refractivity contribution in [3.8, 4) is 10.4 Å². The van der Waals surface area contributed by atoms with Crippen LogP contribution in [0.4, 0.5) is 0 Å². The normalized spacial score (nSPS) is 21.0.